The molecule has 0 aliphatic rings. The number of amides is 1. The van der Waals surface area contributed by atoms with Crippen LogP contribution in [-0.4, -0.2) is 16.9 Å². The van der Waals surface area contributed by atoms with Gasteiger partial charge < -0.3 is 5.32 Å². The van der Waals surface area contributed by atoms with Crippen LogP contribution in [0.3, 0.4) is 0 Å². The number of thiophene rings is 1. The number of anilines is 1. The Hall–Kier alpha value is -1.30. The molecule has 0 fully saturated rings. The highest BCUT2D eigenvalue weighted by Gasteiger charge is 2.18. The van der Waals surface area contributed by atoms with Gasteiger partial charge in [-0.25, -0.2) is 0 Å². The van der Waals surface area contributed by atoms with E-state index in [0.717, 1.165) is 10.6 Å². The number of halogens is 1. The van der Waals surface area contributed by atoms with Crippen LogP contribution in [0.25, 0.3) is 0 Å². The Balaban J connectivity index is 2.00. The number of benzene rings is 1. The molecule has 1 heterocycles. The highest BCUT2D eigenvalue weighted by molar-refractivity contribution is 8.00. The fraction of sp³-hybridized carbons (Fsp3) is 0.200. The number of nitrogens with one attached hydrogen (secondary N) is 1. The SMILES string of the molecule is CC(=O)Nc1ccc(SC(C)C(=O)c2ccc(Cl)s2)cc1. The van der Waals surface area contributed by atoms with Crippen molar-refractivity contribution in [2.24, 2.45) is 0 Å². The van der Waals surface area contributed by atoms with Crippen LogP contribution in [0, 0.1) is 0 Å². The van der Waals surface area contributed by atoms with Gasteiger partial charge in [-0.1, -0.05) is 11.6 Å². The van der Waals surface area contributed by atoms with Crippen LogP contribution in [0.4, 0.5) is 5.69 Å². The van der Waals surface area contributed by atoms with Gasteiger partial charge in [-0.3, -0.25) is 9.59 Å². The topological polar surface area (TPSA) is 46.2 Å². The molecule has 0 saturated heterocycles. The van der Waals surface area contributed by atoms with Crippen LogP contribution in [0.15, 0.2) is 41.3 Å². The normalized spacial score (nSPS) is 12.0. The van der Waals surface area contributed by atoms with Gasteiger partial charge in [0.2, 0.25) is 5.91 Å². The second-order valence-corrected chi connectivity index (χ2v) is 7.56. The van der Waals surface area contributed by atoms with E-state index in [9.17, 15) is 9.59 Å². The van der Waals surface area contributed by atoms with Gasteiger partial charge in [0.05, 0.1) is 14.5 Å². The molecule has 1 aromatic heterocycles. The van der Waals surface area contributed by atoms with Crippen LogP contribution < -0.4 is 5.32 Å². The molecule has 0 aliphatic carbocycles. The molecular formula is C15H14ClNO2S2. The Morgan fingerprint density at radius 1 is 1.19 bits per heavy atom. The largest absolute Gasteiger partial charge is 0.326 e. The van der Waals surface area contributed by atoms with Gasteiger partial charge in [0.25, 0.3) is 0 Å². The summed E-state index contributed by atoms with van der Waals surface area (Å²) >= 11 is 8.64. The molecule has 1 atom stereocenters. The summed E-state index contributed by atoms with van der Waals surface area (Å²) in [6, 6.07) is 10.9. The van der Waals surface area contributed by atoms with Gasteiger partial charge in [-0.15, -0.1) is 23.1 Å². The van der Waals surface area contributed by atoms with Crippen molar-refractivity contribution >= 4 is 52.1 Å². The minimum Gasteiger partial charge on any atom is -0.326 e. The molecule has 0 saturated carbocycles. The first-order chi connectivity index (χ1) is 9.95. The third-order valence-electron chi connectivity index (χ3n) is 2.67. The maximum atomic E-state index is 12.2. The zero-order chi connectivity index (χ0) is 15.4. The van der Waals surface area contributed by atoms with E-state index in [1.807, 2.05) is 31.2 Å². The number of Topliss-reactive ketones (excluding diaryl/α,β-unsaturated/α-hetero) is 1. The summed E-state index contributed by atoms with van der Waals surface area (Å²) in [5.41, 5.74) is 0.746. The Kier molecular flexibility index (Phi) is 5.45. The Labute approximate surface area is 136 Å². The lowest BCUT2D eigenvalue weighted by Gasteiger charge is -2.09. The molecule has 3 nitrogen and oxygen atoms in total. The monoisotopic (exact) mass is 339 g/mol. The third-order valence-corrected chi connectivity index (χ3v) is 5.03. The first-order valence-electron chi connectivity index (χ1n) is 6.29. The number of hydrogen-bond donors (Lipinski definition) is 1. The summed E-state index contributed by atoms with van der Waals surface area (Å²) in [4.78, 5) is 24.9. The first-order valence-corrected chi connectivity index (χ1v) is 8.37. The highest BCUT2D eigenvalue weighted by atomic mass is 35.5. The maximum absolute atomic E-state index is 12.2. The van der Waals surface area contributed by atoms with Gasteiger partial charge in [0.1, 0.15) is 0 Å². The molecular weight excluding hydrogens is 326 g/mol. The Morgan fingerprint density at radius 3 is 2.38 bits per heavy atom. The van der Waals surface area contributed by atoms with Crippen molar-refractivity contribution in [1.82, 2.24) is 0 Å². The van der Waals surface area contributed by atoms with E-state index < -0.39 is 0 Å². The average Bonchev–Trinajstić information content (AvgIpc) is 2.86. The molecule has 2 rings (SSSR count). The standard InChI is InChI=1S/C15H14ClNO2S2/c1-9(15(19)13-7-8-14(16)21-13)20-12-5-3-11(4-6-12)17-10(2)18/h3-9H,1-2H3,(H,17,18). The Morgan fingerprint density at radius 2 is 1.86 bits per heavy atom. The van der Waals surface area contributed by atoms with Crippen molar-refractivity contribution in [1.29, 1.82) is 0 Å². The smallest absolute Gasteiger partial charge is 0.221 e. The second kappa shape index (κ2) is 7.11. The minimum atomic E-state index is -0.189. The lowest BCUT2D eigenvalue weighted by molar-refractivity contribution is -0.114. The number of ketones is 1. The van der Waals surface area contributed by atoms with Gasteiger partial charge in [0, 0.05) is 17.5 Å². The molecule has 0 aliphatic heterocycles. The zero-order valence-corrected chi connectivity index (χ0v) is 13.9. The van der Waals surface area contributed by atoms with Crippen molar-refractivity contribution in [3.05, 3.63) is 45.6 Å². The summed E-state index contributed by atoms with van der Waals surface area (Å²) in [7, 11) is 0. The van der Waals surface area contributed by atoms with Gasteiger partial charge in [0.15, 0.2) is 5.78 Å². The summed E-state index contributed by atoms with van der Waals surface area (Å²) < 4.78 is 0.621. The van der Waals surface area contributed by atoms with E-state index >= 15 is 0 Å². The van der Waals surface area contributed by atoms with Crippen LogP contribution in [0.2, 0.25) is 4.34 Å². The third kappa shape index (κ3) is 4.59. The van der Waals surface area contributed by atoms with Crippen molar-refractivity contribution in [2.75, 3.05) is 5.32 Å². The molecule has 0 spiro atoms. The molecule has 1 aromatic carbocycles. The van der Waals surface area contributed by atoms with Gasteiger partial charge in [-0.05, 0) is 43.3 Å². The number of carbonyl (C=O) groups excluding carboxylic acids is 2. The molecule has 21 heavy (non-hydrogen) atoms. The van der Waals surface area contributed by atoms with Gasteiger partial charge in [-0.2, -0.15) is 0 Å². The molecule has 0 radical (unpaired) electrons. The molecule has 2 aromatic rings. The predicted molar refractivity (Wildman–Crippen MR) is 89.7 cm³/mol. The van der Waals surface area contributed by atoms with E-state index in [-0.39, 0.29) is 16.9 Å². The van der Waals surface area contributed by atoms with E-state index in [4.69, 9.17) is 11.6 Å². The minimum absolute atomic E-state index is 0.0721. The number of rotatable bonds is 5. The Bertz CT molecular complexity index is 652. The fourth-order valence-electron chi connectivity index (χ4n) is 1.72. The van der Waals surface area contributed by atoms with Crippen molar-refractivity contribution in [3.63, 3.8) is 0 Å². The number of hydrogen-bond acceptors (Lipinski definition) is 4. The zero-order valence-electron chi connectivity index (χ0n) is 11.6. The van der Waals surface area contributed by atoms with E-state index in [2.05, 4.69) is 5.32 Å². The summed E-state index contributed by atoms with van der Waals surface area (Å²) in [6.45, 7) is 3.35. The maximum Gasteiger partial charge on any atom is 0.221 e. The van der Waals surface area contributed by atoms with Crippen molar-refractivity contribution < 1.29 is 9.59 Å². The van der Waals surface area contributed by atoms with Crippen LogP contribution >= 0.6 is 34.7 Å². The first kappa shape index (κ1) is 16.1. The quantitative estimate of drug-likeness (QED) is 0.633. The number of thioether (sulfide) groups is 1. The van der Waals surface area contributed by atoms with E-state index in [1.165, 1.54) is 30.0 Å². The van der Waals surface area contributed by atoms with Gasteiger partial charge >= 0.3 is 0 Å². The second-order valence-electron chi connectivity index (χ2n) is 4.43. The van der Waals surface area contributed by atoms with E-state index in [1.54, 1.807) is 12.1 Å². The molecule has 1 N–H and O–H groups in total. The van der Waals surface area contributed by atoms with Crippen LogP contribution in [0.1, 0.15) is 23.5 Å². The number of carbonyl (C=O) groups is 2. The predicted octanol–water partition coefficient (Wildman–Crippen LogP) is 4.72. The summed E-state index contributed by atoms with van der Waals surface area (Å²) in [5, 5.41) is 2.52. The molecule has 0 bridgehead atoms. The van der Waals surface area contributed by atoms with Crippen molar-refractivity contribution in [2.45, 2.75) is 24.0 Å². The highest BCUT2D eigenvalue weighted by Crippen LogP contribution is 2.30. The molecule has 1 amide bonds. The van der Waals surface area contributed by atoms with Crippen molar-refractivity contribution in [3.8, 4) is 0 Å². The van der Waals surface area contributed by atoms with Crippen LogP contribution in [-0.2, 0) is 4.79 Å². The fourth-order valence-corrected chi connectivity index (χ4v) is 3.81. The lowest BCUT2D eigenvalue weighted by Crippen LogP contribution is -2.11. The van der Waals surface area contributed by atoms with E-state index in [0.29, 0.717) is 9.21 Å². The molecule has 1 unspecified atom stereocenters. The average molecular weight is 340 g/mol. The van der Waals surface area contributed by atoms with Crippen LogP contribution in [0.5, 0.6) is 0 Å². The molecule has 110 valence electrons. The molecule has 6 heteroatoms. The summed E-state index contributed by atoms with van der Waals surface area (Å²) in [6.07, 6.45) is 0. The lowest BCUT2D eigenvalue weighted by atomic mass is 10.2. The summed E-state index contributed by atoms with van der Waals surface area (Å²) in [5.74, 6) is -0.0311.